The van der Waals surface area contributed by atoms with Crippen molar-refractivity contribution in [2.75, 3.05) is 19.4 Å². The van der Waals surface area contributed by atoms with Gasteiger partial charge in [0.05, 0.1) is 5.56 Å². The zero-order valence-electron chi connectivity index (χ0n) is 14.5. The highest BCUT2D eigenvalue weighted by Crippen LogP contribution is 2.36. The van der Waals surface area contributed by atoms with Crippen molar-refractivity contribution in [1.29, 1.82) is 0 Å². The normalized spacial score (nSPS) is 10.7. The van der Waals surface area contributed by atoms with Crippen molar-refractivity contribution in [3.05, 3.63) is 59.0 Å². The van der Waals surface area contributed by atoms with Crippen molar-refractivity contribution in [3.63, 3.8) is 0 Å². The third-order valence-electron chi connectivity index (χ3n) is 3.84. The topological polar surface area (TPSA) is 75.4 Å². The molecular weight excluding hydrogens is 366 g/mol. The maximum absolute atomic E-state index is 11.9. The minimum atomic E-state index is -0.540. The van der Waals surface area contributed by atoms with Gasteiger partial charge in [0.2, 0.25) is 0 Å². The van der Waals surface area contributed by atoms with Crippen molar-refractivity contribution < 1.29 is 9.59 Å². The summed E-state index contributed by atoms with van der Waals surface area (Å²) < 4.78 is 0. The number of carbonyl (C=O) groups excluding carboxylic acids is 2. The Morgan fingerprint density at radius 2 is 1.88 bits per heavy atom. The Labute approximate surface area is 160 Å². The molecule has 0 unspecified atom stereocenters. The number of amides is 3. The van der Waals surface area contributed by atoms with Crippen LogP contribution in [0.15, 0.2) is 52.7 Å². The second-order valence-electron chi connectivity index (χ2n) is 5.96. The van der Waals surface area contributed by atoms with E-state index in [1.807, 2.05) is 17.5 Å². The molecule has 1 aromatic heterocycles. The molecule has 0 aliphatic carbocycles. The predicted octanol–water partition coefficient (Wildman–Crippen LogP) is 4.39. The van der Waals surface area contributed by atoms with Crippen molar-refractivity contribution >= 4 is 50.8 Å². The van der Waals surface area contributed by atoms with Gasteiger partial charge in [0.1, 0.15) is 5.00 Å². The highest BCUT2D eigenvalue weighted by molar-refractivity contribution is 7.98. The van der Waals surface area contributed by atoms with Crippen molar-refractivity contribution in [1.82, 2.24) is 4.90 Å². The van der Waals surface area contributed by atoms with Crippen LogP contribution in [0.25, 0.3) is 10.8 Å². The number of thiophene rings is 1. The van der Waals surface area contributed by atoms with E-state index < -0.39 is 5.91 Å². The molecule has 0 saturated heterocycles. The summed E-state index contributed by atoms with van der Waals surface area (Å²) in [6.07, 6.45) is 0. The Morgan fingerprint density at radius 3 is 2.58 bits per heavy atom. The third-order valence-corrected chi connectivity index (χ3v) is 5.99. The number of hydrogen-bond donors (Lipinski definition) is 2. The van der Waals surface area contributed by atoms with E-state index in [0.717, 1.165) is 10.5 Å². The molecule has 0 fully saturated rings. The molecular formula is C19H19N3O2S2. The molecule has 26 heavy (non-hydrogen) atoms. The summed E-state index contributed by atoms with van der Waals surface area (Å²) in [6, 6.07) is 14.2. The predicted molar refractivity (Wildman–Crippen MR) is 109 cm³/mol. The smallest absolute Gasteiger partial charge is 0.321 e. The number of rotatable bonds is 5. The van der Waals surface area contributed by atoms with Gasteiger partial charge in [-0.25, -0.2) is 4.79 Å². The van der Waals surface area contributed by atoms with Gasteiger partial charge >= 0.3 is 6.03 Å². The largest absolute Gasteiger partial charge is 0.365 e. The van der Waals surface area contributed by atoms with E-state index in [2.05, 4.69) is 35.6 Å². The number of carbonyl (C=O) groups is 2. The third kappa shape index (κ3) is 4.00. The Hall–Kier alpha value is -2.51. The summed E-state index contributed by atoms with van der Waals surface area (Å²) in [6.45, 7) is 0. The molecule has 5 nitrogen and oxygen atoms in total. The van der Waals surface area contributed by atoms with Gasteiger partial charge in [-0.1, -0.05) is 42.5 Å². The summed E-state index contributed by atoms with van der Waals surface area (Å²) in [5, 5.41) is 7.45. The van der Waals surface area contributed by atoms with E-state index in [1.165, 1.54) is 38.8 Å². The standard InChI is InChI=1S/C19H19N3O2S2/c1-22(2)19(24)21-18-16(17(20)23)15(11-26-18)25-10-12-7-8-13-5-3-4-6-14(13)9-12/h3-9,11H,10H2,1-2H3,(H2,20,23)(H,21,24). The van der Waals surface area contributed by atoms with Crippen LogP contribution in [-0.4, -0.2) is 30.9 Å². The first-order valence-corrected chi connectivity index (χ1v) is 9.82. The number of nitrogens with one attached hydrogen (secondary N) is 1. The van der Waals surface area contributed by atoms with Gasteiger partial charge < -0.3 is 10.6 Å². The number of fused-ring (bicyclic) bond motifs is 1. The van der Waals surface area contributed by atoms with E-state index in [0.29, 0.717) is 16.3 Å². The average molecular weight is 386 g/mol. The molecule has 7 heteroatoms. The highest BCUT2D eigenvalue weighted by atomic mass is 32.2. The number of benzene rings is 2. The molecule has 0 bridgehead atoms. The minimum absolute atomic E-state index is 0.291. The molecule has 0 saturated carbocycles. The number of urea groups is 1. The van der Waals surface area contributed by atoms with E-state index in [4.69, 9.17) is 5.73 Å². The second kappa shape index (κ2) is 7.80. The van der Waals surface area contributed by atoms with Crippen molar-refractivity contribution in [2.45, 2.75) is 10.6 Å². The van der Waals surface area contributed by atoms with Crippen LogP contribution in [0.1, 0.15) is 15.9 Å². The van der Waals surface area contributed by atoms with Gasteiger partial charge in [-0.05, 0) is 16.3 Å². The van der Waals surface area contributed by atoms with E-state index in [1.54, 1.807) is 14.1 Å². The molecule has 3 rings (SSSR count). The number of nitrogens with zero attached hydrogens (tertiary/aromatic N) is 1. The van der Waals surface area contributed by atoms with Gasteiger partial charge in [-0.3, -0.25) is 10.1 Å². The summed E-state index contributed by atoms with van der Waals surface area (Å²) in [5.74, 6) is 0.171. The lowest BCUT2D eigenvalue weighted by atomic mass is 10.1. The van der Waals surface area contributed by atoms with Crippen LogP contribution in [0.5, 0.6) is 0 Å². The lowest BCUT2D eigenvalue weighted by Gasteiger charge is -2.11. The molecule has 0 atom stereocenters. The molecule has 1 heterocycles. The molecule has 3 N–H and O–H groups in total. The summed E-state index contributed by atoms with van der Waals surface area (Å²) >= 11 is 2.85. The summed E-state index contributed by atoms with van der Waals surface area (Å²) in [5.41, 5.74) is 7.08. The minimum Gasteiger partial charge on any atom is -0.365 e. The van der Waals surface area contributed by atoms with Gasteiger partial charge in [0, 0.05) is 30.1 Å². The van der Waals surface area contributed by atoms with Gasteiger partial charge in [0.15, 0.2) is 0 Å². The van der Waals surface area contributed by atoms with Gasteiger partial charge in [0.25, 0.3) is 5.91 Å². The molecule has 134 valence electrons. The van der Waals surface area contributed by atoms with Crippen LogP contribution >= 0.6 is 23.1 Å². The number of anilines is 1. The second-order valence-corrected chi connectivity index (χ2v) is 7.86. The molecule has 0 radical (unpaired) electrons. The summed E-state index contributed by atoms with van der Waals surface area (Å²) in [7, 11) is 3.28. The van der Waals surface area contributed by atoms with Gasteiger partial charge in [-0.15, -0.1) is 23.1 Å². The molecule has 0 spiro atoms. The Bertz CT molecular complexity index is 966. The average Bonchev–Trinajstić information content (AvgIpc) is 3.02. The Balaban J connectivity index is 1.79. The lowest BCUT2D eigenvalue weighted by molar-refractivity contribution is 0.0999. The maximum atomic E-state index is 11.9. The lowest BCUT2D eigenvalue weighted by Crippen LogP contribution is -2.28. The van der Waals surface area contributed by atoms with Crippen LogP contribution in [0, 0.1) is 0 Å². The van der Waals surface area contributed by atoms with Crippen LogP contribution in [0.4, 0.5) is 9.80 Å². The zero-order valence-corrected chi connectivity index (χ0v) is 16.1. The molecule has 0 aliphatic rings. The molecule has 3 aromatic rings. The SMILES string of the molecule is CN(C)C(=O)Nc1scc(SCc2ccc3ccccc3c2)c1C(N)=O. The first-order chi connectivity index (χ1) is 12.5. The first-order valence-electron chi connectivity index (χ1n) is 7.96. The summed E-state index contributed by atoms with van der Waals surface area (Å²) in [4.78, 5) is 25.9. The Kier molecular flexibility index (Phi) is 5.49. The number of nitrogens with two attached hydrogens (primary N) is 1. The Morgan fingerprint density at radius 1 is 1.15 bits per heavy atom. The maximum Gasteiger partial charge on any atom is 0.321 e. The highest BCUT2D eigenvalue weighted by Gasteiger charge is 2.19. The van der Waals surface area contributed by atoms with Crippen LogP contribution < -0.4 is 11.1 Å². The fraction of sp³-hybridized carbons (Fsp3) is 0.158. The van der Waals surface area contributed by atoms with Gasteiger partial charge in [-0.2, -0.15) is 0 Å². The molecule has 0 aliphatic heterocycles. The van der Waals surface area contributed by atoms with Crippen molar-refractivity contribution in [2.24, 2.45) is 5.73 Å². The van der Waals surface area contributed by atoms with E-state index >= 15 is 0 Å². The molecule has 3 amide bonds. The van der Waals surface area contributed by atoms with Crippen LogP contribution in [0.2, 0.25) is 0 Å². The number of primary amides is 1. The zero-order chi connectivity index (χ0) is 18.7. The molecule has 2 aromatic carbocycles. The first kappa shape index (κ1) is 18.3. The van der Waals surface area contributed by atoms with Crippen molar-refractivity contribution in [3.8, 4) is 0 Å². The van der Waals surface area contributed by atoms with E-state index in [9.17, 15) is 9.59 Å². The fourth-order valence-electron chi connectivity index (χ4n) is 2.47. The monoisotopic (exact) mass is 385 g/mol. The quantitative estimate of drug-likeness (QED) is 0.640. The van der Waals surface area contributed by atoms with E-state index in [-0.39, 0.29) is 6.03 Å². The van der Waals surface area contributed by atoms with Crippen LogP contribution in [0.3, 0.4) is 0 Å². The van der Waals surface area contributed by atoms with Crippen LogP contribution in [-0.2, 0) is 5.75 Å². The number of thioether (sulfide) groups is 1. The number of hydrogen-bond acceptors (Lipinski definition) is 4. The fourth-order valence-corrected chi connectivity index (χ4v) is 4.62.